The maximum atomic E-state index is 5.89. The quantitative estimate of drug-likeness (QED) is 0.589. The SMILES string of the molecule is CCc1nc(N)nc2c1c(-c1ccc3oc(N)nc3c1)nn2C(C)C. The second-order valence-corrected chi connectivity index (χ2v) is 6.20. The summed E-state index contributed by atoms with van der Waals surface area (Å²) >= 11 is 0. The number of nitrogens with two attached hydrogens (primary N) is 2. The van der Waals surface area contributed by atoms with Crippen molar-refractivity contribution >= 4 is 34.1 Å². The van der Waals surface area contributed by atoms with Gasteiger partial charge in [-0.15, -0.1) is 0 Å². The fraction of sp³-hybridized carbons (Fsp3) is 0.294. The van der Waals surface area contributed by atoms with Gasteiger partial charge < -0.3 is 15.9 Å². The monoisotopic (exact) mass is 337 g/mol. The minimum atomic E-state index is 0.140. The minimum absolute atomic E-state index is 0.140. The normalized spacial score (nSPS) is 11.8. The Labute approximate surface area is 143 Å². The lowest BCUT2D eigenvalue weighted by atomic mass is 10.1. The summed E-state index contributed by atoms with van der Waals surface area (Å²) in [4.78, 5) is 13.0. The Morgan fingerprint density at radius 1 is 1.16 bits per heavy atom. The highest BCUT2D eigenvalue weighted by Gasteiger charge is 2.20. The topological polar surface area (TPSA) is 122 Å². The zero-order valence-electron chi connectivity index (χ0n) is 14.3. The number of nitrogen functional groups attached to an aromatic ring is 2. The lowest BCUT2D eigenvalue weighted by molar-refractivity contribution is 0.548. The van der Waals surface area contributed by atoms with E-state index in [4.69, 9.17) is 21.0 Å². The van der Waals surface area contributed by atoms with Gasteiger partial charge in [-0.1, -0.05) is 6.92 Å². The Balaban J connectivity index is 2.05. The van der Waals surface area contributed by atoms with Crippen LogP contribution >= 0.6 is 0 Å². The first kappa shape index (κ1) is 15.4. The van der Waals surface area contributed by atoms with Gasteiger partial charge in [0.2, 0.25) is 5.95 Å². The van der Waals surface area contributed by atoms with E-state index in [9.17, 15) is 0 Å². The Hall–Kier alpha value is -3.16. The van der Waals surface area contributed by atoms with Crippen LogP contribution in [0, 0.1) is 0 Å². The summed E-state index contributed by atoms with van der Waals surface area (Å²) in [7, 11) is 0. The van der Waals surface area contributed by atoms with Crippen LogP contribution in [-0.4, -0.2) is 24.7 Å². The third-order valence-electron chi connectivity index (χ3n) is 4.15. The molecule has 0 aliphatic heterocycles. The van der Waals surface area contributed by atoms with Gasteiger partial charge in [0.25, 0.3) is 6.01 Å². The molecule has 0 fully saturated rings. The number of oxazole rings is 1. The van der Waals surface area contributed by atoms with Crippen molar-refractivity contribution in [3.8, 4) is 11.3 Å². The van der Waals surface area contributed by atoms with Crippen molar-refractivity contribution in [1.29, 1.82) is 0 Å². The van der Waals surface area contributed by atoms with E-state index >= 15 is 0 Å². The number of aromatic nitrogens is 5. The van der Waals surface area contributed by atoms with Gasteiger partial charge in [-0.2, -0.15) is 15.1 Å². The van der Waals surface area contributed by atoms with E-state index in [1.54, 1.807) is 0 Å². The summed E-state index contributed by atoms with van der Waals surface area (Å²) < 4.78 is 7.23. The van der Waals surface area contributed by atoms with E-state index in [-0.39, 0.29) is 18.0 Å². The van der Waals surface area contributed by atoms with Crippen molar-refractivity contribution in [3.63, 3.8) is 0 Å². The Kier molecular flexibility index (Phi) is 3.34. The van der Waals surface area contributed by atoms with Crippen molar-refractivity contribution in [2.45, 2.75) is 33.2 Å². The smallest absolute Gasteiger partial charge is 0.292 e. The third kappa shape index (κ3) is 2.37. The van der Waals surface area contributed by atoms with E-state index in [2.05, 4.69) is 28.8 Å². The second kappa shape index (κ2) is 5.44. The zero-order valence-corrected chi connectivity index (χ0v) is 14.3. The Morgan fingerprint density at radius 3 is 2.68 bits per heavy atom. The molecule has 0 radical (unpaired) electrons. The van der Waals surface area contributed by atoms with Gasteiger partial charge in [0.05, 0.1) is 11.1 Å². The molecule has 0 aliphatic rings. The highest BCUT2D eigenvalue weighted by Crippen LogP contribution is 2.33. The van der Waals surface area contributed by atoms with Crippen molar-refractivity contribution in [3.05, 3.63) is 23.9 Å². The molecule has 0 bridgehead atoms. The van der Waals surface area contributed by atoms with Crippen molar-refractivity contribution in [1.82, 2.24) is 24.7 Å². The first-order valence-corrected chi connectivity index (χ1v) is 8.19. The summed E-state index contributed by atoms with van der Waals surface area (Å²) in [5.41, 5.74) is 16.2. The van der Waals surface area contributed by atoms with Gasteiger partial charge in [0.1, 0.15) is 11.2 Å². The number of benzene rings is 1. The first-order chi connectivity index (χ1) is 12.0. The lowest BCUT2D eigenvalue weighted by Crippen LogP contribution is -2.06. The van der Waals surface area contributed by atoms with E-state index in [0.717, 1.165) is 34.4 Å². The molecule has 8 heteroatoms. The largest absolute Gasteiger partial charge is 0.424 e. The van der Waals surface area contributed by atoms with Crippen LogP contribution in [0.4, 0.5) is 12.0 Å². The van der Waals surface area contributed by atoms with E-state index in [0.29, 0.717) is 11.1 Å². The van der Waals surface area contributed by atoms with Gasteiger partial charge in [0.15, 0.2) is 11.2 Å². The highest BCUT2D eigenvalue weighted by molar-refractivity contribution is 5.95. The molecule has 1 aromatic carbocycles. The molecule has 0 amide bonds. The molecule has 0 spiro atoms. The maximum Gasteiger partial charge on any atom is 0.292 e. The number of rotatable bonds is 3. The van der Waals surface area contributed by atoms with Crippen molar-refractivity contribution in [2.24, 2.45) is 0 Å². The molecule has 0 saturated heterocycles. The van der Waals surface area contributed by atoms with Crippen LogP contribution in [0.3, 0.4) is 0 Å². The summed E-state index contributed by atoms with van der Waals surface area (Å²) in [6, 6.07) is 5.99. The number of anilines is 2. The predicted octanol–water partition coefficient (Wildman–Crippen LogP) is 2.94. The van der Waals surface area contributed by atoms with Crippen LogP contribution in [-0.2, 0) is 6.42 Å². The molecule has 0 saturated carbocycles. The fourth-order valence-electron chi connectivity index (χ4n) is 3.04. The lowest BCUT2D eigenvalue weighted by Gasteiger charge is -2.07. The van der Waals surface area contributed by atoms with Crippen LogP contribution in [0.1, 0.15) is 32.5 Å². The molecule has 0 aliphatic carbocycles. The summed E-state index contributed by atoms with van der Waals surface area (Å²) in [6.07, 6.45) is 0.735. The third-order valence-corrected chi connectivity index (χ3v) is 4.15. The highest BCUT2D eigenvalue weighted by atomic mass is 16.4. The average molecular weight is 337 g/mol. The molecular weight excluding hydrogens is 318 g/mol. The van der Waals surface area contributed by atoms with Crippen LogP contribution in [0.5, 0.6) is 0 Å². The first-order valence-electron chi connectivity index (χ1n) is 8.19. The van der Waals surface area contributed by atoms with Gasteiger partial charge in [-0.3, -0.25) is 0 Å². The molecule has 8 nitrogen and oxygen atoms in total. The number of hydrogen-bond donors (Lipinski definition) is 2. The fourth-order valence-corrected chi connectivity index (χ4v) is 3.04. The molecular formula is C17H19N7O. The molecule has 25 heavy (non-hydrogen) atoms. The average Bonchev–Trinajstić information content (AvgIpc) is 3.12. The molecule has 0 unspecified atom stereocenters. The predicted molar refractivity (Wildman–Crippen MR) is 96.9 cm³/mol. The Bertz CT molecular complexity index is 1090. The van der Waals surface area contributed by atoms with Gasteiger partial charge in [-0.25, -0.2) is 9.67 Å². The molecule has 3 heterocycles. The van der Waals surface area contributed by atoms with E-state index in [1.165, 1.54) is 0 Å². The van der Waals surface area contributed by atoms with Crippen molar-refractivity contribution < 1.29 is 4.42 Å². The number of nitrogens with zero attached hydrogens (tertiary/aromatic N) is 5. The number of aryl methyl sites for hydroxylation is 1. The standard InChI is InChI=1S/C17H19N7O/c1-4-10-13-14(9-5-6-12-11(7-9)21-17(19)25-12)23-24(8(2)3)15(13)22-16(18)20-10/h5-8H,4H2,1-3H3,(H2,19,21)(H2,18,20,22). The molecule has 0 atom stereocenters. The molecule has 4 aromatic rings. The van der Waals surface area contributed by atoms with Crippen LogP contribution in [0.15, 0.2) is 22.6 Å². The molecule has 4 rings (SSSR count). The van der Waals surface area contributed by atoms with Gasteiger partial charge in [0, 0.05) is 11.6 Å². The number of hydrogen-bond acceptors (Lipinski definition) is 7. The van der Waals surface area contributed by atoms with Gasteiger partial charge >= 0.3 is 0 Å². The van der Waals surface area contributed by atoms with Crippen LogP contribution in [0.25, 0.3) is 33.4 Å². The van der Waals surface area contributed by atoms with E-state index < -0.39 is 0 Å². The van der Waals surface area contributed by atoms with Crippen LogP contribution in [0.2, 0.25) is 0 Å². The molecule has 3 aromatic heterocycles. The molecule has 4 N–H and O–H groups in total. The molecule has 128 valence electrons. The van der Waals surface area contributed by atoms with Crippen LogP contribution < -0.4 is 11.5 Å². The summed E-state index contributed by atoms with van der Waals surface area (Å²) in [5.74, 6) is 0.262. The maximum absolute atomic E-state index is 5.89. The minimum Gasteiger partial charge on any atom is -0.424 e. The Morgan fingerprint density at radius 2 is 1.96 bits per heavy atom. The zero-order chi connectivity index (χ0) is 17.7. The van der Waals surface area contributed by atoms with Crippen molar-refractivity contribution in [2.75, 3.05) is 11.5 Å². The van der Waals surface area contributed by atoms with Gasteiger partial charge in [-0.05, 0) is 38.5 Å². The van der Waals surface area contributed by atoms with E-state index in [1.807, 2.05) is 29.8 Å². The second-order valence-electron chi connectivity index (χ2n) is 6.20. The summed E-state index contributed by atoms with van der Waals surface area (Å²) in [6.45, 7) is 6.16. The summed E-state index contributed by atoms with van der Waals surface area (Å²) in [5, 5.41) is 5.71. The number of fused-ring (bicyclic) bond motifs is 2.